The van der Waals surface area contributed by atoms with E-state index in [1.807, 2.05) is 25.1 Å². The Labute approximate surface area is 83.4 Å². The van der Waals surface area contributed by atoms with Crippen molar-refractivity contribution in [3.63, 3.8) is 0 Å². The first-order valence-electron chi connectivity index (χ1n) is 4.60. The van der Waals surface area contributed by atoms with E-state index in [4.69, 9.17) is 0 Å². The van der Waals surface area contributed by atoms with E-state index in [1.54, 1.807) is 11.3 Å². The first-order valence-corrected chi connectivity index (χ1v) is 5.41. The normalized spacial score (nSPS) is 9.46. The Morgan fingerprint density at radius 2 is 1.85 bits per heavy atom. The first kappa shape index (κ1) is 10.2. The van der Waals surface area contributed by atoms with Crippen LogP contribution in [-0.4, -0.2) is 4.98 Å². The molecule has 1 aromatic heterocycles. The Bertz CT molecular complexity index is 332. The van der Waals surface area contributed by atoms with Gasteiger partial charge in [-0.2, -0.15) is 0 Å². The molecule has 0 bridgehead atoms. The molecular weight excluding hydrogens is 178 g/mol. The van der Waals surface area contributed by atoms with Gasteiger partial charge in [0.1, 0.15) is 0 Å². The van der Waals surface area contributed by atoms with Crippen molar-refractivity contribution in [3.8, 4) is 0 Å². The van der Waals surface area contributed by atoms with Crippen LogP contribution in [0.3, 0.4) is 0 Å². The Morgan fingerprint density at radius 1 is 1.23 bits per heavy atom. The summed E-state index contributed by atoms with van der Waals surface area (Å²) in [5.41, 5.74) is 1.12. The lowest BCUT2D eigenvalue weighted by Gasteiger charge is -1.80. The quantitative estimate of drug-likeness (QED) is 0.615. The third-order valence-corrected chi connectivity index (χ3v) is 2.35. The van der Waals surface area contributed by atoms with Crippen molar-refractivity contribution in [2.75, 3.05) is 0 Å². The zero-order valence-corrected chi connectivity index (χ0v) is 9.19. The molecule has 0 unspecified atom stereocenters. The Balaban J connectivity index is 0.000000251. The minimum absolute atomic E-state index is 1.12. The summed E-state index contributed by atoms with van der Waals surface area (Å²) in [7, 11) is 0. The predicted molar refractivity (Wildman–Crippen MR) is 60.3 cm³/mol. The van der Waals surface area contributed by atoms with Crippen LogP contribution >= 0.6 is 11.3 Å². The maximum Gasteiger partial charge on any atom is 0.0907 e. The van der Waals surface area contributed by atoms with Crippen LogP contribution in [0.15, 0.2) is 24.3 Å². The van der Waals surface area contributed by atoms with E-state index >= 15 is 0 Å². The van der Waals surface area contributed by atoms with Gasteiger partial charge in [-0.1, -0.05) is 32.4 Å². The largest absolute Gasteiger partial charge is 0.242 e. The first-order chi connectivity index (χ1) is 6.27. The Morgan fingerprint density at radius 3 is 2.46 bits per heavy atom. The molecule has 2 heteroatoms. The predicted octanol–water partition coefficient (Wildman–Crippen LogP) is 4.02. The Hall–Kier alpha value is -0.890. The van der Waals surface area contributed by atoms with Crippen LogP contribution in [0.1, 0.15) is 25.3 Å². The molecule has 2 rings (SSSR count). The van der Waals surface area contributed by atoms with Crippen molar-refractivity contribution in [2.24, 2.45) is 0 Å². The lowest BCUT2D eigenvalue weighted by Crippen LogP contribution is -1.65. The minimum Gasteiger partial charge on any atom is -0.242 e. The number of para-hydroxylation sites is 1. The SMILES string of the molecule is CCC.Cc1nc2ccccc2s1. The van der Waals surface area contributed by atoms with E-state index in [9.17, 15) is 0 Å². The number of benzene rings is 1. The molecule has 0 aliphatic rings. The molecule has 0 radical (unpaired) electrons. The summed E-state index contributed by atoms with van der Waals surface area (Å²) in [5, 5.41) is 1.14. The number of hydrogen-bond donors (Lipinski definition) is 0. The van der Waals surface area contributed by atoms with Crippen molar-refractivity contribution in [1.82, 2.24) is 4.98 Å². The zero-order chi connectivity index (χ0) is 9.68. The summed E-state index contributed by atoms with van der Waals surface area (Å²) in [6.45, 7) is 6.28. The van der Waals surface area contributed by atoms with E-state index < -0.39 is 0 Å². The van der Waals surface area contributed by atoms with Crippen LogP contribution in [0.4, 0.5) is 0 Å². The van der Waals surface area contributed by atoms with Crippen LogP contribution < -0.4 is 0 Å². The molecule has 0 aliphatic carbocycles. The van der Waals surface area contributed by atoms with E-state index in [0.717, 1.165) is 10.5 Å². The lowest BCUT2D eigenvalue weighted by atomic mass is 10.3. The maximum absolute atomic E-state index is 4.33. The molecule has 0 fully saturated rings. The maximum atomic E-state index is 4.33. The second-order valence-electron chi connectivity index (χ2n) is 2.91. The van der Waals surface area contributed by atoms with Gasteiger partial charge < -0.3 is 0 Å². The van der Waals surface area contributed by atoms with Crippen molar-refractivity contribution in [3.05, 3.63) is 29.3 Å². The fraction of sp³-hybridized carbons (Fsp3) is 0.364. The van der Waals surface area contributed by atoms with Crippen molar-refractivity contribution >= 4 is 21.6 Å². The molecule has 13 heavy (non-hydrogen) atoms. The standard InChI is InChI=1S/C8H7NS.C3H8/c1-6-9-7-4-2-3-5-8(7)10-6;1-3-2/h2-5H,1H3;3H2,1-2H3. The summed E-state index contributed by atoms with van der Waals surface area (Å²) in [4.78, 5) is 4.33. The molecule has 0 saturated carbocycles. The molecule has 2 aromatic rings. The average Bonchev–Trinajstić information content (AvgIpc) is 2.45. The number of aryl methyl sites for hydroxylation is 1. The fourth-order valence-electron chi connectivity index (χ4n) is 0.987. The van der Waals surface area contributed by atoms with Crippen molar-refractivity contribution < 1.29 is 0 Å². The summed E-state index contributed by atoms with van der Waals surface area (Å²) >= 11 is 1.74. The van der Waals surface area contributed by atoms with E-state index in [0.29, 0.717) is 0 Å². The van der Waals surface area contributed by atoms with Crippen LogP contribution in [0.25, 0.3) is 10.2 Å². The van der Waals surface area contributed by atoms with Gasteiger partial charge in [0.05, 0.1) is 15.2 Å². The highest BCUT2D eigenvalue weighted by molar-refractivity contribution is 7.18. The third kappa shape index (κ3) is 2.81. The lowest BCUT2D eigenvalue weighted by molar-refractivity contribution is 1.09. The van der Waals surface area contributed by atoms with Gasteiger partial charge in [-0.05, 0) is 19.1 Å². The molecule has 0 amide bonds. The molecular formula is C11H15NS. The van der Waals surface area contributed by atoms with Gasteiger partial charge >= 0.3 is 0 Å². The summed E-state index contributed by atoms with van der Waals surface area (Å²) < 4.78 is 1.28. The smallest absolute Gasteiger partial charge is 0.0907 e. The van der Waals surface area contributed by atoms with Crippen LogP contribution in [0, 0.1) is 6.92 Å². The topological polar surface area (TPSA) is 12.9 Å². The van der Waals surface area contributed by atoms with Crippen LogP contribution in [0.2, 0.25) is 0 Å². The third-order valence-electron chi connectivity index (χ3n) is 1.40. The van der Waals surface area contributed by atoms with Gasteiger partial charge in [0.25, 0.3) is 0 Å². The number of thiazole rings is 1. The number of aromatic nitrogens is 1. The van der Waals surface area contributed by atoms with E-state index in [2.05, 4.69) is 24.9 Å². The number of hydrogen-bond acceptors (Lipinski definition) is 2. The van der Waals surface area contributed by atoms with Crippen LogP contribution in [-0.2, 0) is 0 Å². The Kier molecular flexibility index (Phi) is 3.90. The molecule has 0 spiro atoms. The highest BCUT2D eigenvalue weighted by atomic mass is 32.1. The highest BCUT2D eigenvalue weighted by Crippen LogP contribution is 2.19. The second kappa shape index (κ2) is 4.97. The number of rotatable bonds is 0. The van der Waals surface area contributed by atoms with Crippen LogP contribution in [0.5, 0.6) is 0 Å². The van der Waals surface area contributed by atoms with Crippen molar-refractivity contribution in [1.29, 1.82) is 0 Å². The molecule has 70 valence electrons. The van der Waals surface area contributed by atoms with Gasteiger partial charge in [0.2, 0.25) is 0 Å². The highest BCUT2D eigenvalue weighted by Gasteiger charge is 1.95. The minimum atomic E-state index is 1.12. The molecule has 1 aromatic carbocycles. The van der Waals surface area contributed by atoms with E-state index in [1.165, 1.54) is 11.1 Å². The number of nitrogens with zero attached hydrogens (tertiary/aromatic N) is 1. The monoisotopic (exact) mass is 193 g/mol. The number of fused-ring (bicyclic) bond motifs is 1. The molecule has 0 aliphatic heterocycles. The van der Waals surface area contributed by atoms with E-state index in [-0.39, 0.29) is 0 Å². The van der Waals surface area contributed by atoms with Gasteiger partial charge in [0.15, 0.2) is 0 Å². The average molecular weight is 193 g/mol. The molecule has 0 atom stereocenters. The fourth-order valence-corrected chi connectivity index (χ4v) is 1.81. The second-order valence-corrected chi connectivity index (χ2v) is 4.14. The molecule has 0 N–H and O–H groups in total. The van der Waals surface area contributed by atoms with Crippen molar-refractivity contribution in [2.45, 2.75) is 27.2 Å². The summed E-state index contributed by atoms with van der Waals surface area (Å²) in [5.74, 6) is 0. The molecule has 0 saturated heterocycles. The summed E-state index contributed by atoms with van der Waals surface area (Å²) in [6, 6.07) is 8.19. The van der Waals surface area contributed by atoms with Gasteiger partial charge in [-0.25, -0.2) is 4.98 Å². The van der Waals surface area contributed by atoms with Gasteiger partial charge in [-0.3, -0.25) is 0 Å². The van der Waals surface area contributed by atoms with Gasteiger partial charge in [0, 0.05) is 0 Å². The zero-order valence-electron chi connectivity index (χ0n) is 8.37. The molecule has 1 nitrogen and oxygen atoms in total. The molecule has 1 heterocycles. The van der Waals surface area contributed by atoms with Gasteiger partial charge in [-0.15, -0.1) is 11.3 Å². The summed E-state index contributed by atoms with van der Waals surface area (Å²) in [6.07, 6.45) is 1.25.